The number of nitrogens with one attached hydrogen (secondary N) is 3. The number of piperidine rings is 2. The van der Waals surface area contributed by atoms with Gasteiger partial charge in [-0.2, -0.15) is 4.98 Å². The van der Waals surface area contributed by atoms with E-state index in [2.05, 4.69) is 25.9 Å². The second-order valence-electron chi connectivity index (χ2n) is 16.2. The first-order valence-corrected chi connectivity index (χ1v) is 20.8. The number of nitrogens with zero attached hydrogens (tertiary/aromatic N) is 5. The van der Waals surface area contributed by atoms with Crippen LogP contribution in [-0.2, 0) is 14.4 Å². The topological polar surface area (TPSA) is 176 Å². The average Bonchev–Trinajstić information content (AvgIpc) is 3.74. The lowest BCUT2D eigenvalue weighted by Crippen LogP contribution is -2.54. The van der Waals surface area contributed by atoms with E-state index in [9.17, 15) is 37.5 Å². The van der Waals surface area contributed by atoms with Crippen LogP contribution in [0.5, 0.6) is 0 Å². The van der Waals surface area contributed by atoms with E-state index in [0.29, 0.717) is 48.7 Å². The Morgan fingerprint density at radius 2 is 1.67 bits per heavy atom. The molecule has 1 saturated carbocycles. The first-order valence-electron chi connectivity index (χ1n) is 20.8. The standard InChI is InChI=1S/C42H52F2N8O6/c1-25-11-9-14-31(25)51-37-26(23-29(36(43)44)40(51)57)24-46-42(49-37)47-27-18-21-50(22-19-27)34(54)15-7-5-3-2-4-6-8-20-45-30-13-10-12-28-35(30)41(58)52(39(28)56)32-16-17-33(53)48-38(32)55/h10,12-13,23-25,27,31-32,36,45H,2-9,11,14-22H2,1H3,(H,46,47,49)(H,48,53,55). The first-order chi connectivity index (χ1) is 28.0. The minimum atomic E-state index is -2.88. The minimum Gasteiger partial charge on any atom is -0.384 e. The molecule has 0 spiro atoms. The van der Waals surface area contributed by atoms with Crippen LogP contribution in [0.25, 0.3) is 11.0 Å². The zero-order valence-corrected chi connectivity index (χ0v) is 32.9. The van der Waals surface area contributed by atoms with Gasteiger partial charge in [-0.25, -0.2) is 13.8 Å². The fourth-order valence-corrected chi connectivity index (χ4v) is 8.97. The number of pyridine rings is 1. The van der Waals surface area contributed by atoms with Crippen LogP contribution in [0, 0.1) is 5.92 Å². The number of hydrogen-bond donors (Lipinski definition) is 3. The maximum Gasteiger partial charge on any atom is 0.269 e. The second kappa shape index (κ2) is 18.1. The number of rotatable bonds is 16. The van der Waals surface area contributed by atoms with Gasteiger partial charge in [0.05, 0.1) is 16.7 Å². The first kappa shape index (κ1) is 40.9. The monoisotopic (exact) mass is 802 g/mol. The maximum atomic E-state index is 13.8. The molecule has 3 aliphatic heterocycles. The predicted octanol–water partition coefficient (Wildman–Crippen LogP) is 6.13. The van der Waals surface area contributed by atoms with Crippen LogP contribution in [0.2, 0.25) is 0 Å². The van der Waals surface area contributed by atoms with Crippen molar-refractivity contribution in [3.63, 3.8) is 0 Å². The van der Waals surface area contributed by atoms with Gasteiger partial charge in [0.15, 0.2) is 0 Å². The third-order valence-corrected chi connectivity index (χ3v) is 12.2. The molecule has 2 saturated heterocycles. The van der Waals surface area contributed by atoms with Gasteiger partial charge in [-0.05, 0) is 69.1 Å². The molecule has 58 heavy (non-hydrogen) atoms. The van der Waals surface area contributed by atoms with Crippen LogP contribution in [0.1, 0.15) is 142 Å². The van der Waals surface area contributed by atoms with E-state index >= 15 is 0 Å². The summed E-state index contributed by atoms with van der Waals surface area (Å²) in [6.45, 7) is 3.91. The summed E-state index contributed by atoms with van der Waals surface area (Å²) in [5.41, 5.74) is 0.257. The molecule has 0 bridgehead atoms. The van der Waals surface area contributed by atoms with Gasteiger partial charge in [-0.15, -0.1) is 0 Å². The lowest BCUT2D eigenvalue weighted by Gasteiger charge is -2.32. The Hall–Kier alpha value is -5.28. The van der Waals surface area contributed by atoms with Gasteiger partial charge in [-0.1, -0.05) is 51.5 Å². The second-order valence-corrected chi connectivity index (χ2v) is 16.2. The Morgan fingerprint density at radius 3 is 2.38 bits per heavy atom. The molecule has 3 aromatic rings. The van der Waals surface area contributed by atoms with Crippen molar-refractivity contribution < 1.29 is 32.8 Å². The van der Waals surface area contributed by atoms with Crippen LogP contribution in [0.4, 0.5) is 20.4 Å². The lowest BCUT2D eigenvalue weighted by atomic mass is 10.0. The molecule has 5 amide bonds. The number of imide groups is 2. The van der Waals surface area contributed by atoms with Crippen molar-refractivity contribution in [2.45, 2.75) is 128 Å². The van der Waals surface area contributed by atoms with E-state index in [-0.39, 0.29) is 47.9 Å². The summed E-state index contributed by atoms with van der Waals surface area (Å²) in [5, 5.41) is 9.30. The number of unbranched alkanes of at least 4 members (excludes halogenated alkanes) is 6. The van der Waals surface area contributed by atoms with Gasteiger partial charge in [0.1, 0.15) is 11.7 Å². The molecule has 3 unspecified atom stereocenters. The van der Waals surface area contributed by atoms with Gasteiger partial charge < -0.3 is 15.5 Å². The van der Waals surface area contributed by atoms with E-state index < -0.39 is 47.2 Å². The summed E-state index contributed by atoms with van der Waals surface area (Å²) < 4.78 is 29.0. The Balaban J connectivity index is 0.784. The van der Waals surface area contributed by atoms with Gasteiger partial charge in [0.2, 0.25) is 23.7 Å². The van der Waals surface area contributed by atoms with Gasteiger partial charge in [-0.3, -0.25) is 43.6 Å². The number of carbonyl (C=O) groups is 5. The number of amides is 5. The molecule has 7 rings (SSSR count). The molecule has 3 fully saturated rings. The zero-order valence-electron chi connectivity index (χ0n) is 32.9. The molecular formula is C42H52F2N8O6. The van der Waals surface area contributed by atoms with E-state index in [1.807, 2.05) is 11.8 Å². The summed E-state index contributed by atoms with van der Waals surface area (Å²) in [7, 11) is 0. The van der Waals surface area contributed by atoms with E-state index in [1.54, 1.807) is 18.2 Å². The Kier molecular flexibility index (Phi) is 12.8. The zero-order chi connectivity index (χ0) is 40.9. The third-order valence-electron chi connectivity index (χ3n) is 12.2. The molecule has 1 aromatic carbocycles. The summed E-state index contributed by atoms with van der Waals surface area (Å²) >= 11 is 0. The number of hydrogen-bond acceptors (Lipinski definition) is 10. The van der Waals surface area contributed by atoms with E-state index in [1.165, 1.54) is 16.8 Å². The number of carbonyl (C=O) groups excluding carboxylic acids is 5. The highest BCUT2D eigenvalue weighted by Crippen LogP contribution is 2.37. The van der Waals surface area contributed by atoms with E-state index in [0.717, 1.165) is 81.9 Å². The van der Waals surface area contributed by atoms with Crippen molar-refractivity contribution in [3.05, 3.63) is 57.5 Å². The summed E-state index contributed by atoms with van der Waals surface area (Å²) in [6, 6.07) is 5.12. The van der Waals surface area contributed by atoms with Crippen molar-refractivity contribution >= 4 is 52.2 Å². The molecule has 1 aliphatic carbocycles. The molecule has 16 heteroatoms. The fraction of sp³-hybridized carbons (Fsp3) is 0.571. The molecule has 3 atom stereocenters. The number of anilines is 2. The molecule has 3 N–H and O–H groups in total. The summed E-state index contributed by atoms with van der Waals surface area (Å²) in [5.74, 6) is -1.39. The van der Waals surface area contributed by atoms with Crippen LogP contribution in [0.3, 0.4) is 0 Å². The number of halogens is 2. The largest absolute Gasteiger partial charge is 0.384 e. The number of aromatic nitrogens is 3. The lowest BCUT2D eigenvalue weighted by molar-refractivity contribution is -0.136. The highest BCUT2D eigenvalue weighted by molar-refractivity contribution is 6.25. The Labute approximate surface area is 335 Å². The van der Waals surface area contributed by atoms with Gasteiger partial charge in [0, 0.05) is 61.8 Å². The van der Waals surface area contributed by atoms with Gasteiger partial charge in [0.25, 0.3) is 23.8 Å². The normalized spacial score (nSPS) is 21.3. The SMILES string of the molecule is CC1CCCC1n1c(=O)c(C(F)F)cc2cnc(NC3CCN(C(=O)CCCCCCCCCNc4cccc5c4C(=O)N(C4CCC(=O)NC4=O)C5=O)CC3)nc21. The smallest absolute Gasteiger partial charge is 0.269 e. The van der Waals surface area contributed by atoms with Crippen LogP contribution in [-0.4, -0.2) is 85.6 Å². The third kappa shape index (κ3) is 8.75. The number of alkyl halides is 2. The fourth-order valence-electron chi connectivity index (χ4n) is 8.97. The number of fused-ring (bicyclic) bond motifs is 2. The van der Waals surface area contributed by atoms with E-state index in [4.69, 9.17) is 0 Å². The Morgan fingerprint density at radius 1 is 0.931 bits per heavy atom. The van der Waals surface area contributed by atoms with Crippen molar-refractivity contribution in [1.82, 2.24) is 29.7 Å². The minimum absolute atomic E-state index is 0.0400. The summed E-state index contributed by atoms with van der Waals surface area (Å²) in [4.78, 5) is 88.4. The average molecular weight is 803 g/mol. The van der Waals surface area contributed by atoms with Crippen LogP contribution < -0.4 is 21.5 Å². The molecule has 0 radical (unpaired) electrons. The molecule has 310 valence electrons. The molecule has 4 aliphatic rings. The summed E-state index contributed by atoms with van der Waals surface area (Å²) in [6.07, 6.45) is 10.2. The molecule has 14 nitrogen and oxygen atoms in total. The maximum absolute atomic E-state index is 13.8. The molecule has 5 heterocycles. The predicted molar refractivity (Wildman–Crippen MR) is 213 cm³/mol. The number of likely N-dealkylation sites (tertiary alicyclic amines) is 1. The highest BCUT2D eigenvalue weighted by atomic mass is 19.3. The van der Waals surface area contributed by atoms with Crippen molar-refractivity contribution in [2.24, 2.45) is 5.92 Å². The molecular weight excluding hydrogens is 751 g/mol. The van der Waals surface area contributed by atoms with Crippen molar-refractivity contribution in [1.29, 1.82) is 0 Å². The van der Waals surface area contributed by atoms with Crippen molar-refractivity contribution in [2.75, 3.05) is 30.3 Å². The molecule has 2 aromatic heterocycles. The Bertz CT molecular complexity index is 2120. The highest BCUT2D eigenvalue weighted by Gasteiger charge is 2.45. The quantitative estimate of drug-likeness (QED) is 0.113. The van der Waals surface area contributed by atoms with Crippen LogP contribution in [0.15, 0.2) is 35.3 Å². The van der Waals surface area contributed by atoms with Gasteiger partial charge >= 0.3 is 0 Å². The number of benzene rings is 1. The van der Waals surface area contributed by atoms with Crippen molar-refractivity contribution in [3.8, 4) is 0 Å². The van der Waals surface area contributed by atoms with Crippen LogP contribution >= 0.6 is 0 Å².